The van der Waals surface area contributed by atoms with E-state index in [9.17, 15) is 14.7 Å². The lowest BCUT2D eigenvalue weighted by Crippen LogP contribution is -2.53. The molecule has 2 N–H and O–H groups in total. The van der Waals surface area contributed by atoms with Crippen LogP contribution < -0.4 is 5.32 Å². The van der Waals surface area contributed by atoms with Gasteiger partial charge in [-0.3, -0.25) is 9.48 Å². The molecule has 7 heteroatoms. The summed E-state index contributed by atoms with van der Waals surface area (Å²) in [5.41, 5.74) is -0.348. The summed E-state index contributed by atoms with van der Waals surface area (Å²) in [5, 5.41) is 17.3. The predicted molar refractivity (Wildman–Crippen MR) is 81.7 cm³/mol. The number of nitrogens with zero attached hydrogens (tertiary/aromatic N) is 2. The van der Waals surface area contributed by atoms with Crippen molar-refractivity contribution in [3.8, 4) is 0 Å². The van der Waals surface area contributed by atoms with E-state index in [0.717, 1.165) is 15.9 Å². The number of carbonyl (C=O) groups is 2. The van der Waals surface area contributed by atoms with E-state index < -0.39 is 11.5 Å². The third kappa shape index (κ3) is 2.53. The third-order valence-corrected chi connectivity index (χ3v) is 5.09. The van der Waals surface area contributed by atoms with Crippen LogP contribution in [0.4, 0.5) is 0 Å². The molecule has 2 rings (SSSR count). The smallest absolute Gasteiger partial charge is 0.329 e. The number of aromatic nitrogens is 2. The summed E-state index contributed by atoms with van der Waals surface area (Å²) in [6.07, 6.45) is 0.687. The van der Waals surface area contributed by atoms with Crippen LogP contribution in [0.25, 0.3) is 10.2 Å². The molecule has 0 atom stereocenters. The monoisotopic (exact) mass is 309 g/mol. The van der Waals surface area contributed by atoms with Gasteiger partial charge in [0, 0.05) is 12.4 Å². The molecule has 0 unspecified atom stereocenters. The van der Waals surface area contributed by atoms with Crippen LogP contribution >= 0.6 is 11.3 Å². The number of amides is 1. The molecule has 0 aromatic carbocycles. The molecule has 0 saturated heterocycles. The van der Waals surface area contributed by atoms with Crippen molar-refractivity contribution in [1.29, 1.82) is 0 Å². The molecule has 0 spiro atoms. The summed E-state index contributed by atoms with van der Waals surface area (Å²) in [6.45, 7) is 5.41. The molecule has 0 saturated carbocycles. The molecule has 0 fully saturated rings. The average Bonchev–Trinajstić information content (AvgIpc) is 2.98. The van der Waals surface area contributed by atoms with Gasteiger partial charge in [-0.15, -0.1) is 11.3 Å². The Hall–Kier alpha value is -1.89. The van der Waals surface area contributed by atoms with Crippen molar-refractivity contribution in [2.75, 3.05) is 0 Å². The van der Waals surface area contributed by atoms with Crippen LogP contribution in [-0.2, 0) is 11.8 Å². The number of fused-ring (bicyclic) bond motifs is 1. The Morgan fingerprint density at radius 1 is 1.43 bits per heavy atom. The minimum atomic E-state index is -1.21. The molecule has 0 aliphatic carbocycles. The highest BCUT2D eigenvalue weighted by Crippen LogP contribution is 2.28. The van der Waals surface area contributed by atoms with Gasteiger partial charge in [-0.2, -0.15) is 5.10 Å². The predicted octanol–water partition coefficient (Wildman–Crippen LogP) is 2.32. The van der Waals surface area contributed by atoms with E-state index >= 15 is 0 Å². The summed E-state index contributed by atoms with van der Waals surface area (Å²) in [5.74, 6) is -1.35. The molecular formula is C14H19N3O3S. The maximum atomic E-state index is 12.4. The topological polar surface area (TPSA) is 84.2 Å². The van der Waals surface area contributed by atoms with E-state index in [0.29, 0.717) is 17.7 Å². The van der Waals surface area contributed by atoms with Crippen LogP contribution in [0.15, 0.2) is 6.07 Å². The second kappa shape index (κ2) is 5.48. The third-order valence-electron chi connectivity index (χ3n) is 3.89. The standard InChI is InChI=1S/C14H19N3O3S/c1-5-14(6-2,13(19)20)15-11(18)10-7-9-8(3)16-17(4)12(9)21-10/h7H,5-6H2,1-4H3,(H,15,18)(H,19,20). The van der Waals surface area contributed by atoms with Gasteiger partial charge in [-0.25, -0.2) is 4.79 Å². The zero-order valence-electron chi connectivity index (χ0n) is 12.6. The van der Waals surface area contributed by atoms with E-state index in [-0.39, 0.29) is 5.91 Å². The minimum absolute atomic E-state index is 0.343. The molecule has 2 aromatic rings. The van der Waals surface area contributed by atoms with E-state index in [1.165, 1.54) is 11.3 Å². The van der Waals surface area contributed by atoms with Crippen LogP contribution in [-0.4, -0.2) is 32.3 Å². The first-order valence-electron chi connectivity index (χ1n) is 6.83. The number of aryl methyl sites for hydroxylation is 2. The van der Waals surface area contributed by atoms with E-state index in [1.807, 2.05) is 14.0 Å². The number of aliphatic carboxylic acids is 1. The van der Waals surface area contributed by atoms with Crippen LogP contribution in [0.3, 0.4) is 0 Å². The van der Waals surface area contributed by atoms with Crippen molar-refractivity contribution >= 4 is 33.4 Å². The summed E-state index contributed by atoms with van der Waals surface area (Å²) < 4.78 is 1.73. The van der Waals surface area contributed by atoms with Crippen molar-refractivity contribution in [3.63, 3.8) is 0 Å². The van der Waals surface area contributed by atoms with Gasteiger partial charge in [0.2, 0.25) is 0 Å². The summed E-state index contributed by atoms with van der Waals surface area (Å²) in [7, 11) is 1.83. The number of carbonyl (C=O) groups excluding carboxylic acids is 1. The largest absolute Gasteiger partial charge is 0.480 e. The highest BCUT2D eigenvalue weighted by molar-refractivity contribution is 7.20. The van der Waals surface area contributed by atoms with Crippen LogP contribution in [0.1, 0.15) is 42.1 Å². The molecule has 0 radical (unpaired) electrons. The molecule has 2 heterocycles. The number of nitrogens with one attached hydrogen (secondary N) is 1. The highest BCUT2D eigenvalue weighted by Gasteiger charge is 2.37. The lowest BCUT2D eigenvalue weighted by Gasteiger charge is -2.27. The zero-order chi connectivity index (χ0) is 15.8. The van der Waals surface area contributed by atoms with Crippen molar-refractivity contribution < 1.29 is 14.7 Å². The Morgan fingerprint density at radius 2 is 2.05 bits per heavy atom. The first kappa shape index (κ1) is 15.5. The van der Waals surface area contributed by atoms with Crippen LogP contribution in [0.2, 0.25) is 0 Å². The van der Waals surface area contributed by atoms with Crippen molar-refractivity contribution in [3.05, 3.63) is 16.6 Å². The van der Waals surface area contributed by atoms with Gasteiger partial charge in [0.25, 0.3) is 5.91 Å². The Balaban J connectivity index is 2.34. The first-order chi connectivity index (χ1) is 9.84. The maximum Gasteiger partial charge on any atom is 0.329 e. The first-order valence-corrected chi connectivity index (χ1v) is 7.65. The molecule has 2 aromatic heterocycles. The normalized spacial score (nSPS) is 11.8. The van der Waals surface area contributed by atoms with Crippen molar-refractivity contribution in [1.82, 2.24) is 15.1 Å². The molecule has 0 aliphatic heterocycles. The second-order valence-corrected chi connectivity index (χ2v) is 6.12. The van der Waals surface area contributed by atoms with Crippen molar-refractivity contribution in [2.45, 2.75) is 39.2 Å². The number of thiophene rings is 1. The quantitative estimate of drug-likeness (QED) is 0.887. The van der Waals surface area contributed by atoms with Crippen LogP contribution in [0.5, 0.6) is 0 Å². The lowest BCUT2D eigenvalue weighted by atomic mass is 9.93. The van der Waals surface area contributed by atoms with Gasteiger partial charge >= 0.3 is 5.97 Å². The lowest BCUT2D eigenvalue weighted by molar-refractivity contribution is -0.144. The van der Waals surface area contributed by atoms with E-state index in [2.05, 4.69) is 10.4 Å². The van der Waals surface area contributed by atoms with Gasteiger partial charge in [-0.1, -0.05) is 13.8 Å². The second-order valence-electron chi connectivity index (χ2n) is 5.09. The van der Waals surface area contributed by atoms with Gasteiger partial charge in [0.1, 0.15) is 10.4 Å². The highest BCUT2D eigenvalue weighted by atomic mass is 32.1. The van der Waals surface area contributed by atoms with E-state index in [4.69, 9.17) is 0 Å². The molecule has 114 valence electrons. The number of hydrogen-bond acceptors (Lipinski definition) is 4. The fourth-order valence-corrected chi connectivity index (χ4v) is 3.40. The molecule has 1 amide bonds. The zero-order valence-corrected chi connectivity index (χ0v) is 13.4. The average molecular weight is 309 g/mol. The minimum Gasteiger partial charge on any atom is -0.480 e. The molecule has 0 bridgehead atoms. The van der Waals surface area contributed by atoms with E-state index in [1.54, 1.807) is 24.6 Å². The molecule has 6 nitrogen and oxygen atoms in total. The van der Waals surface area contributed by atoms with Crippen LogP contribution in [0, 0.1) is 6.92 Å². The Labute approximate surface area is 126 Å². The number of carboxylic acid groups (broad SMARTS) is 1. The SMILES string of the molecule is CCC(CC)(NC(=O)c1cc2c(C)nn(C)c2s1)C(=O)O. The Bertz CT molecular complexity index is 663. The summed E-state index contributed by atoms with van der Waals surface area (Å²) in [6, 6.07) is 1.77. The number of rotatable bonds is 5. The van der Waals surface area contributed by atoms with Crippen molar-refractivity contribution in [2.24, 2.45) is 7.05 Å². The molecule has 21 heavy (non-hydrogen) atoms. The Morgan fingerprint density at radius 3 is 2.52 bits per heavy atom. The number of hydrogen-bond donors (Lipinski definition) is 2. The number of carboxylic acids is 1. The molecule has 0 aliphatic rings. The van der Waals surface area contributed by atoms with Gasteiger partial charge < -0.3 is 10.4 Å². The summed E-state index contributed by atoms with van der Waals surface area (Å²) in [4.78, 5) is 25.3. The molecular weight excluding hydrogens is 290 g/mol. The Kier molecular flexibility index (Phi) is 4.04. The fraction of sp³-hybridized carbons (Fsp3) is 0.500. The van der Waals surface area contributed by atoms with Gasteiger partial charge in [0.15, 0.2) is 0 Å². The van der Waals surface area contributed by atoms with Gasteiger partial charge in [0.05, 0.1) is 10.6 Å². The summed E-state index contributed by atoms with van der Waals surface area (Å²) >= 11 is 1.32. The van der Waals surface area contributed by atoms with Gasteiger partial charge in [-0.05, 0) is 25.8 Å². The maximum absolute atomic E-state index is 12.4. The fourth-order valence-electron chi connectivity index (χ4n) is 2.38.